The van der Waals surface area contributed by atoms with Crippen LogP contribution in [-0.4, -0.2) is 24.4 Å². The van der Waals surface area contributed by atoms with Gasteiger partial charge in [0.2, 0.25) is 5.91 Å². The number of para-hydroxylation sites is 1. The maximum absolute atomic E-state index is 10.9. The second-order valence-corrected chi connectivity index (χ2v) is 3.49. The Balaban J connectivity index is 2.28. The Bertz CT molecular complexity index is 303. The standard InChI is InChI=1S/C11H14ClNO2/c1-9(13-11(14)7-12)8-15-10-5-3-2-4-6-10/h2-6,9H,7-8H2,1H3,(H,13,14)/t9-/m1/s1. The molecule has 0 saturated carbocycles. The van der Waals surface area contributed by atoms with Crippen LogP contribution in [0.25, 0.3) is 0 Å². The van der Waals surface area contributed by atoms with Crippen molar-refractivity contribution in [2.75, 3.05) is 12.5 Å². The molecular weight excluding hydrogens is 214 g/mol. The summed E-state index contributed by atoms with van der Waals surface area (Å²) in [4.78, 5) is 10.9. The molecular formula is C11H14ClNO2. The molecule has 0 spiro atoms. The second kappa shape index (κ2) is 6.30. The third kappa shape index (κ3) is 4.70. The molecule has 15 heavy (non-hydrogen) atoms. The number of carbonyl (C=O) groups excluding carboxylic acids is 1. The number of nitrogens with one attached hydrogen (secondary N) is 1. The van der Waals surface area contributed by atoms with E-state index >= 15 is 0 Å². The van der Waals surface area contributed by atoms with Crippen molar-refractivity contribution >= 4 is 17.5 Å². The fourth-order valence-corrected chi connectivity index (χ4v) is 1.17. The lowest BCUT2D eigenvalue weighted by Crippen LogP contribution is -2.37. The van der Waals surface area contributed by atoms with E-state index in [4.69, 9.17) is 16.3 Å². The van der Waals surface area contributed by atoms with Gasteiger partial charge in [-0.2, -0.15) is 0 Å². The molecule has 1 N–H and O–H groups in total. The summed E-state index contributed by atoms with van der Waals surface area (Å²) in [5, 5.41) is 2.70. The van der Waals surface area contributed by atoms with Crippen molar-refractivity contribution in [3.05, 3.63) is 30.3 Å². The summed E-state index contributed by atoms with van der Waals surface area (Å²) in [6.45, 7) is 2.31. The smallest absolute Gasteiger partial charge is 0.235 e. The quantitative estimate of drug-likeness (QED) is 0.780. The van der Waals surface area contributed by atoms with Crippen LogP contribution in [0, 0.1) is 0 Å². The Hall–Kier alpha value is -1.22. The fraction of sp³-hybridized carbons (Fsp3) is 0.364. The normalized spacial score (nSPS) is 11.9. The summed E-state index contributed by atoms with van der Waals surface area (Å²) in [5.74, 6) is 0.598. The van der Waals surface area contributed by atoms with Gasteiger partial charge in [-0.3, -0.25) is 4.79 Å². The zero-order chi connectivity index (χ0) is 11.1. The Kier molecular flexibility index (Phi) is 4.98. The van der Waals surface area contributed by atoms with E-state index in [1.54, 1.807) is 0 Å². The van der Waals surface area contributed by atoms with Gasteiger partial charge in [-0.15, -0.1) is 11.6 Å². The van der Waals surface area contributed by atoms with Crippen LogP contribution in [-0.2, 0) is 4.79 Å². The van der Waals surface area contributed by atoms with Gasteiger partial charge in [0.15, 0.2) is 0 Å². The van der Waals surface area contributed by atoms with E-state index in [0.29, 0.717) is 6.61 Å². The van der Waals surface area contributed by atoms with Gasteiger partial charge in [0, 0.05) is 0 Å². The van der Waals surface area contributed by atoms with Crippen LogP contribution in [0.15, 0.2) is 30.3 Å². The first kappa shape index (κ1) is 11.9. The first-order chi connectivity index (χ1) is 7.22. The van der Waals surface area contributed by atoms with Crippen LogP contribution in [0.2, 0.25) is 0 Å². The molecule has 4 heteroatoms. The molecule has 0 aliphatic rings. The van der Waals surface area contributed by atoms with E-state index in [-0.39, 0.29) is 17.8 Å². The van der Waals surface area contributed by atoms with Crippen molar-refractivity contribution in [1.29, 1.82) is 0 Å². The Morgan fingerprint density at radius 3 is 2.73 bits per heavy atom. The zero-order valence-corrected chi connectivity index (χ0v) is 9.33. The van der Waals surface area contributed by atoms with Crippen LogP contribution in [0.4, 0.5) is 0 Å². The van der Waals surface area contributed by atoms with Gasteiger partial charge in [0.25, 0.3) is 0 Å². The molecule has 0 aromatic heterocycles. The van der Waals surface area contributed by atoms with Crippen LogP contribution in [0.1, 0.15) is 6.92 Å². The second-order valence-electron chi connectivity index (χ2n) is 3.23. The SMILES string of the molecule is C[C@H](COc1ccccc1)NC(=O)CCl. The third-order valence-electron chi connectivity index (χ3n) is 1.77. The largest absolute Gasteiger partial charge is 0.491 e. The molecule has 0 saturated heterocycles. The molecule has 0 radical (unpaired) electrons. The maximum Gasteiger partial charge on any atom is 0.235 e. The highest BCUT2D eigenvalue weighted by Gasteiger charge is 2.06. The highest BCUT2D eigenvalue weighted by Crippen LogP contribution is 2.08. The average molecular weight is 228 g/mol. The molecule has 3 nitrogen and oxygen atoms in total. The number of alkyl halides is 1. The number of hydrogen-bond donors (Lipinski definition) is 1. The van der Waals surface area contributed by atoms with E-state index in [0.717, 1.165) is 5.75 Å². The Morgan fingerprint density at radius 1 is 1.47 bits per heavy atom. The van der Waals surface area contributed by atoms with Crippen LogP contribution < -0.4 is 10.1 Å². The molecule has 1 atom stereocenters. The summed E-state index contributed by atoms with van der Waals surface area (Å²) in [6, 6.07) is 9.42. The molecule has 1 amide bonds. The van der Waals surface area contributed by atoms with E-state index in [9.17, 15) is 4.79 Å². The van der Waals surface area contributed by atoms with Gasteiger partial charge in [-0.1, -0.05) is 18.2 Å². The van der Waals surface area contributed by atoms with Gasteiger partial charge in [-0.25, -0.2) is 0 Å². The van der Waals surface area contributed by atoms with Crippen molar-refractivity contribution < 1.29 is 9.53 Å². The van der Waals surface area contributed by atoms with Gasteiger partial charge in [-0.05, 0) is 19.1 Å². The molecule has 0 aliphatic carbocycles. The highest BCUT2D eigenvalue weighted by molar-refractivity contribution is 6.27. The lowest BCUT2D eigenvalue weighted by Gasteiger charge is -2.14. The molecule has 1 rings (SSSR count). The fourth-order valence-electron chi connectivity index (χ4n) is 1.09. The van der Waals surface area contributed by atoms with Gasteiger partial charge in [0.05, 0.1) is 6.04 Å². The average Bonchev–Trinajstić information content (AvgIpc) is 2.27. The lowest BCUT2D eigenvalue weighted by atomic mass is 10.3. The summed E-state index contributed by atoms with van der Waals surface area (Å²) >= 11 is 5.36. The highest BCUT2D eigenvalue weighted by atomic mass is 35.5. The number of halogens is 1. The minimum Gasteiger partial charge on any atom is -0.491 e. The van der Waals surface area contributed by atoms with Crippen LogP contribution in [0.3, 0.4) is 0 Å². The van der Waals surface area contributed by atoms with E-state index in [1.165, 1.54) is 0 Å². The summed E-state index contributed by atoms with van der Waals surface area (Å²) in [6.07, 6.45) is 0. The molecule has 0 aliphatic heterocycles. The number of rotatable bonds is 5. The molecule has 0 heterocycles. The molecule has 0 fully saturated rings. The molecule has 0 bridgehead atoms. The maximum atomic E-state index is 10.9. The molecule has 82 valence electrons. The van der Waals surface area contributed by atoms with Crippen molar-refractivity contribution in [3.8, 4) is 5.75 Å². The van der Waals surface area contributed by atoms with Gasteiger partial charge >= 0.3 is 0 Å². The number of carbonyl (C=O) groups is 1. The van der Waals surface area contributed by atoms with E-state index in [1.807, 2.05) is 37.3 Å². The predicted octanol–water partition coefficient (Wildman–Crippen LogP) is 1.81. The third-order valence-corrected chi connectivity index (χ3v) is 2.01. The van der Waals surface area contributed by atoms with E-state index < -0.39 is 0 Å². The van der Waals surface area contributed by atoms with Crippen molar-refractivity contribution in [1.82, 2.24) is 5.32 Å². The van der Waals surface area contributed by atoms with Gasteiger partial charge in [0.1, 0.15) is 18.2 Å². The number of ether oxygens (including phenoxy) is 1. The van der Waals surface area contributed by atoms with Crippen LogP contribution in [0.5, 0.6) is 5.75 Å². The van der Waals surface area contributed by atoms with Crippen molar-refractivity contribution in [2.45, 2.75) is 13.0 Å². The zero-order valence-electron chi connectivity index (χ0n) is 8.57. The minimum absolute atomic E-state index is 0.0182. The summed E-state index contributed by atoms with van der Waals surface area (Å²) in [7, 11) is 0. The number of amides is 1. The van der Waals surface area contributed by atoms with Crippen molar-refractivity contribution in [3.63, 3.8) is 0 Å². The molecule has 1 aromatic carbocycles. The Morgan fingerprint density at radius 2 is 2.13 bits per heavy atom. The summed E-state index contributed by atoms with van der Waals surface area (Å²) < 4.78 is 5.46. The van der Waals surface area contributed by atoms with Crippen molar-refractivity contribution in [2.24, 2.45) is 0 Å². The number of hydrogen-bond acceptors (Lipinski definition) is 2. The Labute approximate surface area is 94.4 Å². The molecule has 1 aromatic rings. The van der Waals surface area contributed by atoms with Gasteiger partial charge < -0.3 is 10.1 Å². The van der Waals surface area contributed by atoms with E-state index in [2.05, 4.69) is 5.32 Å². The first-order valence-corrected chi connectivity index (χ1v) is 5.29. The lowest BCUT2D eigenvalue weighted by molar-refractivity contribution is -0.119. The first-order valence-electron chi connectivity index (χ1n) is 4.75. The monoisotopic (exact) mass is 227 g/mol. The minimum atomic E-state index is -0.180. The predicted molar refractivity (Wildman–Crippen MR) is 60.3 cm³/mol. The molecule has 0 unspecified atom stereocenters. The van der Waals surface area contributed by atoms with Crippen LogP contribution >= 0.6 is 11.6 Å². The topological polar surface area (TPSA) is 38.3 Å². The summed E-state index contributed by atoms with van der Waals surface area (Å²) in [5.41, 5.74) is 0. The number of benzene rings is 1.